The summed E-state index contributed by atoms with van der Waals surface area (Å²) in [5, 5.41) is 3.50. The van der Waals surface area contributed by atoms with Gasteiger partial charge in [-0.2, -0.15) is 0 Å². The summed E-state index contributed by atoms with van der Waals surface area (Å²) in [6, 6.07) is 9.37. The van der Waals surface area contributed by atoms with Crippen molar-refractivity contribution in [2.75, 3.05) is 25.5 Å². The van der Waals surface area contributed by atoms with Crippen molar-refractivity contribution in [3.63, 3.8) is 0 Å². The molecule has 0 aromatic heterocycles. The molecule has 2 rings (SSSR count). The molecule has 1 fully saturated rings. The second-order valence-corrected chi connectivity index (χ2v) is 5.61. The van der Waals surface area contributed by atoms with Crippen LogP contribution >= 0.6 is 0 Å². The zero-order valence-electron chi connectivity index (χ0n) is 11.9. The summed E-state index contributed by atoms with van der Waals surface area (Å²) in [5.74, 6) is 0.786. The zero-order chi connectivity index (χ0) is 13.0. The van der Waals surface area contributed by atoms with E-state index in [9.17, 15) is 0 Å². The molecule has 0 bridgehead atoms. The van der Waals surface area contributed by atoms with Crippen molar-refractivity contribution in [1.82, 2.24) is 5.32 Å². The van der Waals surface area contributed by atoms with Gasteiger partial charge in [-0.3, -0.25) is 0 Å². The highest BCUT2D eigenvalue weighted by molar-refractivity contribution is 5.52. The van der Waals surface area contributed by atoms with Crippen LogP contribution in [0.1, 0.15) is 31.2 Å². The number of hydrogen-bond acceptors (Lipinski definition) is 2. The van der Waals surface area contributed by atoms with E-state index >= 15 is 0 Å². The summed E-state index contributed by atoms with van der Waals surface area (Å²) in [7, 11) is 4.33. The number of nitrogens with zero attached hydrogens (tertiary/aromatic N) is 1. The van der Waals surface area contributed by atoms with Gasteiger partial charge in [-0.25, -0.2) is 0 Å². The molecule has 100 valence electrons. The summed E-state index contributed by atoms with van der Waals surface area (Å²) >= 11 is 0. The third-order valence-corrected chi connectivity index (χ3v) is 4.31. The predicted octanol–water partition coefficient (Wildman–Crippen LogP) is 3.21. The quantitative estimate of drug-likeness (QED) is 0.877. The summed E-state index contributed by atoms with van der Waals surface area (Å²) < 4.78 is 0. The molecular formula is C16H26N2. The Hall–Kier alpha value is -1.02. The third kappa shape index (κ3) is 3.05. The fourth-order valence-electron chi connectivity index (χ4n) is 3.25. The molecule has 0 saturated heterocycles. The molecule has 1 aromatic rings. The van der Waals surface area contributed by atoms with E-state index in [1.165, 1.54) is 36.9 Å². The highest BCUT2D eigenvalue weighted by atomic mass is 15.1. The second kappa shape index (κ2) is 6.24. The average Bonchev–Trinajstić information content (AvgIpc) is 2.39. The van der Waals surface area contributed by atoms with Crippen LogP contribution in [0.3, 0.4) is 0 Å². The predicted molar refractivity (Wildman–Crippen MR) is 79.3 cm³/mol. The van der Waals surface area contributed by atoms with Gasteiger partial charge in [0.25, 0.3) is 0 Å². The van der Waals surface area contributed by atoms with Gasteiger partial charge in [-0.15, -0.1) is 0 Å². The molecule has 1 saturated carbocycles. The molecule has 0 radical (unpaired) electrons. The van der Waals surface area contributed by atoms with Crippen molar-refractivity contribution in [3.8, 4) is 0 Å². The number of benzene rings is 1. The lowest BCUT2D eigenvalue weighted by atomic mass is 9.84. The van der Waals surface area contributed by atoms with Crippen molar-refractivity contribution in [2.45, 2.75) is 38.6 Å². The lowest BCUT2D eigenvalue weighted by molar-refractivity contribution is 0.278. The van der Waals surface area contributed by atoms with Crippen LogP contribution in [0.2, 0.25) is 0 Å². The standard InChI is InChI=1S/C16H26N2/c1-13-8-4-7-11-16(13)18(3)12-14-9-5-6-10-15(14)17-2/h4,7-8,11,14-15,17H,5-6,9-10,12H2,1-3H3. The Morgan fingerprint density at radius 3 is 2.67 bits per heavy atom. The highest BCUT2D eigenvalue weighted by Gasteiger charge is 2.24. The van der Waals surface area contributed by atoms with Gasteiger partial charge in [-0.05, 0) is 44.4 Å². The van der Waals surface area contributed by atoms with E-state index in [1.807, 2.05) is 0 Å². The second-order valence-electron chi connectivity index (χ2n) is 5.61. The first-order valence-electron chi connectivity index (χ1n) is 7.16. The Labute approximate surface area is 111 Å². The Morgan fingerprint density at radius 1 is 1.22 bits per heavy atom. The van der Waals surface area contributed by atoms with Crippen molar-refractivity contribution < 1.29 is 0 Å². The number of para-hydroxylation sites is 1. The van der Waals surface area contributed by atoms with Crippen molar-refractivity contribution in [2.24, 2.45) is 5.92 Å². The van der Waals surface area contributed by atoms with Crippen LogP contribution in [-0.2, 0) is 0 Å². The molecule has 2 heteroatoms. The van der Waals surface area contributed by atoms with Gasteiger partial charge in [0.1, 0.15) is 0 Å². The molecule has 1 aliphatic rings. The number of anilines is 1. The van der Waals surface area contributed by atoms with Crippen LogP contribution in [0.25, 0.3) is 0 Å². The minimum Gasteiger partial charge on any atom is -0.374 e. The van der Waals surface area contributed by atoms with Crippen LogP contribution in [0.4, 0.5) is 5.69 Å². The summed E-state index contributed by atoms with van der Waals surface area (Å²) in [6.07, 6.45) is 5.48. The van der Waals surface area contributed by atoms with Gasteiger partial charge < -0.3 is 10.2 Å². The molecule has 2 unspecified atom stereocenters. The van der Waals surface area contributed by atoms with Crippen LogP contribution in [0.15, 0.2) is 24.3 Å². The molecule has 2 atom stereocenters. The summed E-state index contributed by atoms with van der Waals surface area (Å²) in [6.45, 7) is 3.36. The topological polar surface area (TPSA) is 15.3 Å². The lowest BCUT2D eigenvalue weighted by Crippen LogP contribution is -2.42. The fourth-order valence-corrected chi connectivity index (χ4v) is 3.25. The lowest BCUT2D eigenvalue weighted by Gasteiger charge is -2.35. The largest absolute Gasteiger partial charge is 0.374 e. The van der Waals surface area contributed by atoms with Gasteiger partial charge in [0.05, 0.1) is 0 Å². The first-order valence-corrected chi connectivity index (χ1v) is 7.16. The minimum atomic E-state index is 0.699. The zero-order valence-corrected chi connectivity index (χ0v) is 11.9. The van der Waals surface area contributed by atoms with E-state index < -0.39 is 0 Å². The van der Waals surface area contributed by atoms with E-state index in [0.717, 1.165) is 12.5 Å². The molecule has 18 heavy (non-hydrogen) atoms. The highest BCUT2D eigenvalue weighted by Crippen LogP contribution is 2.27. The molecule has 0 spiro atoms. The maximum atomic E-state index is 3.50. The van der Waals surface area contributed by atoms with Gasteiger partial charge in [-0.1, -0.05) is 31.0 Å². The van der Waals surface area contributed by atoms with E-state index in [4.69, 9.17) is 0 Å². The van der Waals surface area contributed by atoms with E-state index in [0.29, 0.717) is 6.04 Å². The molecule has 0 aliphatic heterocycles. The molecule has 1 aliphatic carbocycles. The number of nitrogens with one attached hydrogen (secondary N) is 1. The van der Waals surface area contributed by atoms with Gasteiger partial charge in [0, 0.05) is 25.3 Å². The van der Waals surface area contributed by atoms with Crippen LogP contribution in [0, 0.1) is 12.8 Å². The summed E-state index contributed by atoms with van der Waals surface area (Å²) in [4.78, 5) is 2.43. The Kier molecular flexibility index (Phi) is 4.65. The first-order chi connectivity index (χ1) is 8.72. The van der Waals surface area contributed by atoms with E-state index in [2.05, 4.69) is 55.5 Å². The van der Waals surface area contributed by atoms with Gasteiger partial charge in [0.15, 0.2) is 0 Å². The average molecular weight is 246 g/mol. The Bertz CT molecular complexity index is 375. The molecule has 0 amide bonds. The van der Waals surface area contributed by atoms with Crippen molar-refractivity contribution in [3.05, 3.63) is 29.8 Å². The van der Waals surface area contributed by atoms with Crippen molar-refractivity contribution >= 4 is 5.69 Å². The fraction of sp³-hybridized carbons (Fsp3) is 0.625. The normalized spacial score (nSPS) is 23.9. The smallest absolute Gasteiger partial charge is 0.0393 e. The van der Waals surface area contributed by atoms with E-state index in [1.54, 1.807) is 0 Å². The Balaban J connectivity index is 2.02. The molecular weight excluding hydrogens is 220 g/mol. The first kappa shape index (κ1) is 13.4. The molecule has 0 heterocycles. The Morgan fingerprint density at radius 2 is 1.94 bits per heavy atom. The number of hydrogen-bond donors (Lipinski definition) is 1. The van der Waals surface area contributed by atoms with Crippen LogP contribution in [0.5, 0.6) is 0 Å². The van der Waals surface area contributed by atoms with Crippen LogP contribution < -0.4 is 10.2 Å². The molecule has 2 nitrogen and oxygen atoms in total. The van der Waals surface area contributed by atoms with Crippen LogP contribution in [-0.4, -0.2) is 26.7 Å². The molecule has 1 aromatic carbocycles. The third-order valence-electron chi connectivity index (χ3n) is 4.31. The SMILES string of the molecule is CNC1CCCCC1CN(C)c1ccccc1C. The molecule has 1 N–H and O–H groups in total. The summed E-state index contributed by atoms with van der Waals surface area (Å²) in [5.41, 5.74) is 2.75. The monoisotopic (exact) mass is 246 g/mol. The van der Waals surface area contributed by atoms with Gasteiger partial charge >= 0.3 is 0 Å². The van der Waals surface area contributed by atoms with E-state index in [-0.39, 0.29) is 0 Å². The number of rotatable bonds is 4. The maximum Gasteiger partial charge on any atom is 0.0393 e. The van der Waals surface area contributed by atoms with Crippen molar-refractivity contribution in [1.29, 1.82) is 0 Å². The maximum absolute atomic E-state index is 3.50. The minimum absolute atomic E-state index is 0.699. The van der Waals surface area contributed by atoms with Gasteiger partial charge in [0.2, 0.25) is 0 Å². The number of aryl methyl sites for hydroxylation is 1.